The molecule has 1 saturated heterocycles. The quantitative estimate of drug-likeness (QED) is 0.199. The van der Waals surface area contributed by atoms with Gasteiger partial charge in [-0.2, -0.15) is 0 Å². The van der Waals surface area contributed by atoms with E-state index < -0.39 is 0 Å². The highest BCUT2D eigenvalue weighted by molar-refractivity contribution is 6.35. The third kappa shape index (κ3) is 6.88. The van der Waals surface area contributed by atoms with Crippen molar-refractivity contribution in [1.82, 2.24) is 19.8 Å². The number of aromatic nitrogens is 2. The Labute approximate surface area is 246 Å². The van der Waals surface area contributed by atoms with Gasteiger partial charge in [-0.25, -0.2) is 9.98 Å². The number of anilines is 1. The van der Waals surface area contributed by atoms with Crippen LogP contribution in [0.1, 0.15) is 44.6 Å². The number of aliphatic imine (C=N–C) groups is 1. The Hall–Kier alpha value is -2.87. The van der Waals surface area contributed by atoms with Crippen molar-refractivity contribution in [2.75, 3.05) is 25.0 Å². The normalized spacial score (nSPS) is 19.5. The maximum atomic E-state index is 13.3. The van der Waals surface area contributed by atoms with Crippen molar-refractivity contribution in [3.63, 3.8) is 0 Å². The summed E-state index contributed by atoms with van der Waals surface area (Å²) in [6, 6.07) is 11.6. The zero-order valence-electron chi connectivity index (χ0n) is 23.1. The topological polar surface area (TPSA) is 74.5 Å². The van der Waals surface area contributed by atoms with Gasteiger partial charge in [-0.05, 0) is 68.0 Å². The minimum atomic E-state index is -0.0719. The molecular formula is C31H38Cl2N6O. The van der Waals surface area contributed by atoms with E-state index in [1.165, 1.54) is 32.1 Å². The van der Waals surface area contributed by atoms with Gasteiger partial charge in [0.05, 0.1) is 23.3 Å². The number of aryl methyl sites for hydroxylation is 2. The van der Waals surface area contributed by atoms with Crippen molar-refractivity contribution in [3.05, 3.63) is 81.3 Å². The summed E-state index contributed by atoms with van der Waals surface area (Å²) in [5.41, 5.74) is 2.39. The van der Waals surface area contributed by atoms with E-state index >= 15 is 0 Å². The highest BCUT2D eigenvalue weighted by Gasteiger charge is 2.24. The largest absolute Gasteiger partial charge is 0.340 e. The van der Waals surface area contributed by atoms with Crippen LogP contribution in [0.5, 0.6) is 0 Å². The van der Waals surface area contributed by atoms with E-state index in [1.807, 2.05) is 36.4 Å². The molecular weight excluding hydrogens is 543 g/mol. The molecule has 0 amide bonds. The lowest BCUT2D eigenvalue weighted by atomic mass is 9.85. The monoisotopic (exact) mass is 580 g/mol. The predicted octanol–water partition coefficient (Wildman–Crippen LogP) is 6.14. The van der Waals surface area contributed by atoms with Crippen LogP contribution in [-0.2, 0) is 13.0 Å². The third-order valence-electron chi connectivity index (χ3n) is 8.17. The predicted molar refractivity (Wildman–Crippen MR) is 167 cm³/mol. The van der Waals surface area contributed by atoms with E-state index in [0.717, 1.165) is 36.8 Å². The van der Waals surface area contributed by atoms with E-state index in [1.54, 1.807) is 17.0 Å². The van der Waals surface area contributed by atoms with Crippen LogP contribution >= 0.6 is 23.2 Å². The van der Waals surface area contributed by atoms with Gasteiger partial charge in [0.15, 0.2) is 5.96 Å². The number of rotatable bonds is 7. The maximum absolute atomic E-state index is 13.3. The van der Waals surface area contributed by atoms with Crippen LogP contribution < -0.4 is 16.2 Å². The number of halogens is 2. The molecule has 2 aromatic carbocycles. The second-order valence-electron chi connectivity index (χ2n) is 10.9. The van der Waals surface area contributed by atoms with Crippen molar-refractivity contribution < 1.29 is 0 Å². The number of guanidine groups is 1. The molecule has 1 aliphatic heterocycles. The molecule has 40 heavy (non-hydrogen) atoms. The Bertz CT molecular complexity index is 1430. The molecule has 0 bridgehead atoms. The van der Waals surface area contributed by atoms with Gasteiger partial charge in [0.1, 0.15) is 0 Å². The fourth-order valence-corrected chi connectivity index (χ4v) is 6.23. The van der Waals surface area contributed by atoms with Gasteiger partial charge in [0, 0.05) is 48.0 Å². The molecule has 2 atom stereocenters. The number of piperazine rings is 1. The number of nitrogens with zero attached hydrogens (tertiary/aromatic N) is 4. The van der Waals surface area contributed by atoms with Crippen LogP contribution in [0.4, 0.5) is 5.69 Å². The Morgan fingerprint density at radius 3 is 2.83 bits per heavy atom. The SMILES string of the molecule is C=C[C@H]1CN(C(=N[C@H](C)C2CCCCC2)Nc2ccc3c(=O)n(CCc4ccc(Cl)cc4Cl)cnc3c2)CCN1. The molecule has 212 valence electrons. The zero-order chi connectivity index (χ0) is 28.1. The second kappa shape index (κ2) is 13.2. The first-order valence-electron chi connectivity index (χ1n) is 14.3. The summed E-state index contributed by atoms with van der Waals surface area (Å²) >= 11 is 12.3. The average Bonchev–Trinajstić information content (AvgIpc) is 2.97. The van der Waals surface area contributed by atoms with Crippen LogP contribution in [0.2, 0.25) is 10.0 Å². The van der Waals surface area contributed by atoms with Crippen LogP contribution in [0.15, 0.2) is 65.2 Å². The lowest BCUT2D eigenvalue weighted by Crippen LogP contribution is -2.53. The Balaban J connectivity index is 1.36. The van der Waals surface area contributed by atoms with Gasteiger partial charge in [0.25, 0.3) is 5.56 Å². The summed E-state index contributed by atoms with van der Waals surface area (Å²) in [5.74, 6) is 1.49. The Morgan fingerprint density at radius 1 is 1.23 bits per heavy atom. The zero-order valence-corrected chi connectivity index (χ0v) is 24.6. The molecule has 1 aliphatic carbocycles. The van der Waals surface area contributed by atoms with Gasteiger partial charge in [-0.1, -0.05) is 54.6 Å². The summed E-state index contributed by atoms with van der Waals surface area (Å²) in [4.78, 5) is 25.4. The highest BCUT2D eigenvalue weighted by atomic mass is 35.5. The Kier molecular flexibility index (Phi) is 9.45. The van der Waals surface area contributed by atoms with Crippen LogP contribution in [-0.4, -0.2) is 52.1 Å². The first-order chi connectivity index (χ1) is 19.4. The Morgan fingerprint density at radius 2 is 2.05 bits per heavy atom. The molecule has 2 aliphatic rings. The van der Waals surface area contributed by atoms with Gasteiger partial charge in [0.2, 0.25) is 0 Å². The van der Waals surface area contributed by atoms with E-state index in [0.29, 0.717) is 39.8 Å². The number of fused-ring (bicyclic) bond motifs is 1. The lowest BCUT2D eigenvalue weighted by molar-refractivity contribution is 0.301. The van der Waals surface area contributed by atoms with E-state index in [2.05, 4.69) is 34.0 Å². The molecule has 0 unspecified atom stereocenters. The van der Waals surface area contributed by atoms with Gasteiger partial charge >= 0.3 is 0 Å². The molecule has 2 heterocycles. The summed E-state index contributed by atoms with van der Waals surface area (Å²) in [6.45, 7) is 9.24. The molecule has 1 aromatic heterocycles. The summed E-state index contributed by atoms with van der Waals surface area (Å²) in [7, 11) is 0. The summed E-state index contributed by atoms with van der Waals surface area (Å²) in [6.07, 6.45) is 10.6. The molecule has 2 N–H and O–H groups in total. The standard InChI is InChI=1S/C31H38Cl2N6O/c1-3-25-19-38(16-14-34-25)31(36-21(2)22-7-5-4-6-8-22)37-26-11-12-27-29(18-26)35-20-39(30(27)40)15-13-23-9-10-24(32)17-28(23)33/h3,9-12,17-18,20-22,25,34H,1,4-8,13-16,19H2,2H3,(H,36,37)/t21-,25+/m1/s1. The van der Waals surface area contributed by atoms with Crippen LogP contribution in [0.25, 0.3) is 10.9 Å². The van der Waals surface area contributed by atoms with Crippen LogP contribution in [0, 0.1) is 5.92 Å². The fourth-order valence-electron chi connectivity index (χ4n) is 5.73. The fraction of sp³-hybridized carbons (Fsp3) is 0.452. The van der Waals surface area contributed by atoms with Gasteiger partial charge < -0.3 is 15.5 Å². The lowest BCUT2D eigenvalue weighted by Gasteiger charge is -2.36. The molecule has 5 rings (SSSR count). The molecule has 3 aromatic rings. The first-order valence-corrected chi connectivity index (χ1v) is 15.1. The molecule has 1 saturated carbocycles. The first kappa shape index (κ1) is 28.7. The minimum Gasteiger partial charge on any atom is -0.340 e. The van der Waals surface area contributed by atoms with Crippen LogP contribution in [0.3, 0.4) is 0 Å². The minimum absolute atomic E-state index is 0.0719. The van der Waals surface area contributed by atoms with E-state index in [-0.39, 0.29) is 17.6 Å². The second-order valence-corrected chi connectivity index (χ2v) is 11.8. The molecule has 0 spiro atoms. The molecule has 9 heteroatoms. The van der Waals surface area contributed by atoms with Crippen molar-refractivity contribution in [1.29, 1.82) is 0 Å². The van der Waals surface area contributed by atoms with E-state index in [9.17, 15) is 4.79 Å². The molecule has 0 radical (unpaired) electrons. The third-order valence-corrected chi connectivity index (χ3v) is 8.75. The van der Waals surface area contributed by atoms with Crippen molar-refractivity contribution in [2.45, 2.75) is 64.1 Å². The molecule has 7 nitrogen and oxygen atoms in total. The van der Waals surface area contributed by atoms with Gasteiger partial charge in [-0.3, -0.25) is 9.36 Å². The summed E-state index contributed by atoms with van der Waals surface area (Å²) in [5, 5.41) is 8.86. The van der Waals surface area contributed by atoms with Crippen molar-refractivity contribution >= 4 is 45.8 Å². The maximum Gasteiger partial charge on any atom is 0.261 e. The number of hydrogen-bond donors (Lipinski definition) is 2. The summed E-state index contributed by atoms with van der Waals surface area (Å²) < 4.78 is 1.63. The van der Waals surface area contributed by atoms with Gasteiger partial charge in [-0.15, -0.1) is 6.58 Å². The van der Waals surface area contributed by atoms with E-state index in [4.69, 9.17) is 28.2 Å². The average molecular weight is 582 g/mol. The smallest absolute Gasteiger partial charge is 0.261 e. The molecule has 2 fully saturated rings. The van der Waals surface area contributed by atoms with Crippen molar-refractivity contribution in [3.8, 4) is 0 Å². The number of nitrogens with one attached hydrogen (secondary N) is 2. The van der Waals surface area contributed by atoms with Crippen molar-refractivity contribution in [2.24, 2.45) is 10.9 Å². The number of hydrogen-bond acceptors (Lipinski definition) is 4. The highest BCUT2D eigenvalue weighted by Crippen LogP contribution is 2.28. The number of benzene rings is 2.